The highest BCUT2D eigenvalue weighted by molar-refractivity contribution is 8.07. The maximum atomic E-state index is 15.4. The van der Waals surface area contributed by atoms with Crippen LogP contribution in [-0.4, -0.2) is 17.7 Å². The number of carbonyl (C=O) groups excluding carboxylic acids is 1. The molecule has 0 radical (unpaired) electrons. The van der Waals surface area contributed by atoms with Crippen molar-refractivity contribution in [2.24, 2.45) is 0 Å². The molecule has 0 heterocycles. The van der Waals surface area contributed by atoms with E-state index in [-0.39, 0.29) is 11.5 Å². The smallest absolute Gasteiger partial charge is 0.213 e. The number of hydrogen-bond donors (Lipinski definition) is 0. The standard InChI is InChI=1S/C26H19O2S.C24BF20/c27-26(24-16-15-22-11-7-8-12-23(22)19-24)20-29(28,25-13-5-2-6-14-25)18-17-21-9-3-1-4-10-21;26-5-1(6(27)14(35)21(42)13(5)34)25(2-7(28)15(36)22(43)16(37)8(2)29,3-9(30)17(38)23(44)18(39)10(3)31)4-11(32)19(40)24(45)20(41)12(4)33/h1-16,19H,20H2;/q+1;-1. The van der Waals surface area contributed by atoms with E-state index in [1.54, 1.807) is 18.2 Å². The molecule has 24 heteroatoms. The van der Waals surface area contributed by atoms with Gasteiger partial charge < -0.3 is 0 Å². The Bertz CT molecular complexity index is 3330. The van der Waals surface area contributed by atoms with Gasteiger partial charge in [-0.25, -0.2) is 87.8 Å². The normalized spacial score (nSPS) is 12.2. The van der Waals surface area contributed by atoms with Gasteiger partial charge in [0.15, 0.2) is 85.7 Å². The van der Waals surface area contributed by atoms with Crippen molar-refractivity contribution in [3.63, 3.8) is 0 Å². The van der Waals surface area contributed by atoms with E-state index in [9.17, 15) is 61.7 Å². The monoisotopic (exact) mass is 1070 g/mol. The van der Waals surface area contributed by atoms with E-state index >= 15 is 35.1 Å². The summed E-state index contributed by atoms with van der Waals surface area (Å²) in [6.45, 7) is 0. The molecule has 0 aliphatic carbocycles. The van der Waals surface area contributed by atoms with Crippen LogP contribution in [0.15, 0.2) is 108 Å². The quantitative estimate of drug-likeness (QED) is 0.0289. The van der Waals surface area contributed by atoms with Gasteiger partial charge in [-0.1, -0.05) is 77.0 Å². The van der Waals surface area contributed by atoms with E-state index in [0.29, 0.717) is 10.5 Å². The van der Waals surface area contributed by atoms with Crippen LogP contribution < -0.4 is 21.9 Å². The summed E-state index contributed by atoms with van der Waals surface area (Å²) < 4.78 is 308. The lowest BCUT2D eigenvalue weighted by Gasteiger charge is -2.44. The summed E-state index contributed by atoms with van der Waals surface area (Å²) in [5.41, 5.74) is -13.0. The van der Waals surface area contributed by atoms with Crippen molar-refractivity contribution in [2.45, 2.75) is 4.90 Å². The first-order valence-corrected chi connectivity index (χ1v) is 22.0. The molecule has 2 nitrogen and oxygen atoms in total. The fourth-order valence-electron chi connectivity index (χ4n) is 7.99. The van der Waals surface area contributed by atoms with E-state index < -0.39 is 154 Å². The summed E-state index contributed by atoms with van der Waals surface area (Å²) in [6.07, 6.45) is -7.22. The van der Waals surface area contributed by atoms with Crippen LogP contribution >= 0.6 is 0 Å². The Morgan fingerprint density at radius 3 is 1.01 bits per heavy atom. The average molecular weight is 1070 g/mol. The van der Waals surface area contributed by atoms with E-state index in [1.807, 2.05) is 84.9 Å². The second kappa shape index (κ2) is 20.5. The van der Waals surface area contributed by atoms with Crippen molar-refractivity contribution in [3.8, 4) is 11.2 Å². The minimum Gasteiger partial charge on any atom is -0.289 e. The van der Waals surface area contributed by atoms with Crippen LogP contribution in [-0.2, 0) is 14.1 Å². The number of halogens is 20. The molecular weight excluding hydrogens is 1060 g/mol. The summed E-state index contributed by atoms with van der Waals surface area (Å²) in [5, 5.41) is 4.98. The Balaban J connectivity index is 0.000000237. The molecule has 0 spiro atoms. The van der Waals surface area contributed by atoms with Crippen molar-refractivity contribution in [2.75, 3.05) is 5.75 Å². The number of ketones is 1. The molecular formula is C50H19BF20O2S. The largest absolute Gasteiger partial charge is 0.289 e. The van der Waals surface area contributed by atoms with E-state index in [2.05, 4.69) is 11.2 Å². The van der Waals surface area contributed by atoms with Crippen LogP contribution in [0.5, 0.6) is 0 Å². The fraction of sp³-hybridized carbons (Fsp3) is 0.0200. The third-order valence-corrected chi connectivity index (χ3v) is 13.5. The van der Waals surface area contributed by atoms with Crippen LogP contribution in [0.2, 0.25) is 0 Å². The zero-order chi connectivity index (χ0) is 54.5. The Kier molecular flexibility index (Phi) is 14.9. The number of hydrogen-bond acceptors (Lipinski definition) is 2. The minimum absolute atomic E-state index is 0.144. The number of carbonyl (C=O) groups is 1. The second-order valence-corrected chi connectivity index (χ2v) is 17.8. The lowest BCUT2D eigenvalue weighted by Crippen LogP contribution is -2.81. The van der Waals surface area contributed by atoms with Gasteiger partial charge in [-0.3, -0.25) is 4.79 Å². The molecule has 0 amide bonds. The molecule has 0 saturated carbocycles. The van der Waals surface area contributed by atoms with Gasteiger partial charge in [-0.15, -0.1) is 21.9 Å². The molecule has 8 aromatic carbocycles. The van der Waals surface area contributed by atoms with Gasteiger partial charge in [0.1, 0.15) is 52.7 Å². The Morgan fingerprint density at radius 1 is 0.365 bits per heavy atom. The molecule has 1 unspecified atom stereocenters. The Morgan fingerprint density at radius 2 is 0.662 bits per heavy atom. The van der Waals surface area contributed by atoms with Gasteiger partial charge in [-0.05, 0) is 47.0 Å². The van der Waals surface area contributed by atoms with Gasteiger partial charge in [0.2, 0.25) is 15.7 Å². The van der Waals surface area contributed by atoms with Crippen LogP contribution in [0.25, 0.3) is 10.8 Å². The number of fused-ring (bicyclic) bond motifs is 1. The third-order valence-electron chi connectivity index (χ3n) is 11.4. The zero-order valence-corrected chi connectivity index (χ0v) is 36.7. The first-order valence-electron chi connectivity index (χ1n) is 20.2. The van der Waals surface area contributed by atoms with E-state index in [4.69, 9.17) is 0 Å². The summed E-state index contributed by atoms with van der Waals surface area (Å²) in [6, 6.07) is 31.9. The van der Waals surface area contributed by atoms with E-state index in [1.165, 1.54) is 0 Å². The van der Waals surface area contributed by atoms with Crippen molar-refractivity contribution >= 4 is 54.5 Å². The molecule has 0 bridgehead atoms. The predicted octanol–water partition coefficient (Wildman–Crippen LogP) is 11.4. The highest BCUT2D eigenvalue weighted by Crippen LogP contribution is 2.31. The average Bonchev–Trinajstić information content (AvgIpc) is 3.40. The maximum Gasteiger partial charge on any atom is 0.213 e. The van der Waals surface area contributed by atoms with Gasteiger partial charge in [0.25, 0.3) is 0 Å². The zero-order valence-electron chi connectivity index (χ0n) is 35.9. The summed E-state index contributed by atoms with van der Waals surface area (Å²) in [4.78, 5) is 13.6. The van der Waals surface area contributed by atoms with Gasteiger partial charge in [-0.2, -0.15) is 0 Å². The predicted molar refractivity (Wildman–Crippen MR) is 228 cm³/mol. The van der Waals surface area contributed by atoms with Crippen molar-refractivity contribution < 1.29 is 96.8 Å². The van der Waals surface area contributed by atoms with Gasteiger partial charge in [0.05, 0.1) is 0 Å². The number of Topliss-reactive ketones (excluding diaryl/α,β-unsaturated/α-hetero) is 1. The lowest BCUT2D eigenvalue weighted by atomic mass is 9.12. The fourth-order valence-corrected chi connectivity index (χ4v) is 9.76. The number of rotatable bonds is 8. The van der Waals surface area contributed by atoms with Crippen LogP contribution in [0, 0.1) is 128 Å². The molecule has 0 fully saturated rings. The highest BCUT2D eigenvalue weighted by atomic mass is 32.2. The SMILES string of the molecule is Fc1c(F)c(F)c([B-](c2c(F)c(F)c(F)c(F)c2F)(c2c(F)c(F)c(F)c(F)c2F)c2c(F)c(F)c(F)c(F)c2F)c(F)c1F.O=C(C[S+](=O)(C#Cc1ccccc1)c1ccccc1)c1ccc2ccccc2c1. The highest BCUT2D eigenvalue weighted by Gasteiger charge is 2.52. The minimum atomic E-state index is -7.22. The molecule has 0 saturated heterocycles. The summed E-state index contributed by atoms with van der Waals surface area (Å²) in [7, 11) is -2.88. The molecule has 74 heavy (non-hydrogen) atoms. The Hall–Kier alpha value is -7.94. The van der Waals surface area contributed by atoms with Gasteiger partial charge >= 0.3 is 0 Å². The molecule has 8 rings (SSSR count). The maximum absolute atomic E-state index is 15.4. The molecule has 0 aliphatic heterocycles. The van der Waals surface area contributed by atoms with E-state index in [0.717, 1.165) is 16.3 Å². The second-order valence-electron chi connectivity index (χ2n) is 15.5. The molecule has 0 aliphatic rings. The summed E-state index contributed by atoms with van der Waals surface area (Å²) >= 11 is 0. The van der Waals surface area contributed by atoms with Gasteiger partial charge in [0, 0.05) is 11.1 Å². The summed E-state index contributed by atoms with van der Waals surface area (Å²) in [5.74, 6) is -68.7. The lowest BCUT2D eigenvalue weighted by molar-refractivity contribution is 0.102. The van der Waals surface area contributed by atoms with Crippen LogP contribution in [0.1, 0.15) is 15.9 Å². The molecule has 0 N–H and O–H groups in total. The third kappa shape index (κ3) is 8.91. The molecule has 8 aromatic rings. The molecule has 380 valence electrons. The molecule has 0 aromatic heterocycles. The first kappa shape index (κ1) is 53.9. The van der Waals surface area contributed by atoms with Crippen LogP contribution in [0.4, 0.5) is 87.8 Å². The van der Waals surface area contributed by atoms with Crippen molar-refractivity contribution in [3.05, 3.63) is 231 Å². The van der Waals surface area contributed by atoms with Crippen molar-refractivity contribution in [1.29, 1.82) is 0 Å². The van der Waals surface area contributed by atoms with Crippen LogP contribution in [0.3, 0.4) is 0 Å². The van der Waals surface area contributed by atoms with Crippen molar-refractivity contribution in [1.82, 2.24) is 0 Å². The Labute approximate surface area is 402 Å². The molecule has 1 atom stereocenters. The number of benzene rings is 8. The first-order chi connectivity index (χ1) is 34.8. The topological polar surface area (TPSA) is 34.1 Å².